The van der Waals surface area contributed by atoms with E-state index in [-0.39, 0.29) is 49.4 Å². The lowest BCUT2D eigenvalue weighted by molar-refractivity contribution is -0.155. The lowest BCUT2D eigenvalue weighted by Gasteiger charge is -2.44. The van der Waals surface area contributed by atoms with Crippen molar-refractivity contribution in [3.63, 3.8) is 0 Å². The smallest absolute Gasteiger partial charge is 0.270 e. The van der Waals surface area contributed by atoms with Gasteiger partial charge in [-0.2, -0.15) is 5.26 Å². The molecule has 0 unspecified atom stereocenters. The number of nitriles is 1. The van der Waals surface area contributed by atoms with Crippen LogP contribution in [0.1, 0.15) is 62.1 Å². The molecule has 3 heterocycles. The van der Waals surface area contributed by atoms with Crippen molar-refractivity contribution in [3.05, 3.63) is 23.5 Å². The highest BCUT2D eigenvalue weighted by molar-refractivity contribution is 5.97. The second-order valence-electron chi connectivity index (χ2n) is 10.6. The zero-order valence-electron chi connectivity index (χ0n) is 19.0. The van der Waals surface area contributed by atoms with Gasteiger partial charge in [0.2, 0.25) is 17.7 Å². The first-order valence-electron chi connectivity index (χ1n) is 11.2. The molecule has 2 aliphatic heterocycles. The third kappa shape index (κ3) is 4.59. The number of alkyl halides is 2. The number of amides is 3. The number of H-pyrrole nitrogens is 1. The maximum Gasteiger partial charge on any atom is 0.270 e. The molecule has 3 aliphatic rings. The summed E-state index contributed by atoms with van der Waals surface area (Å²) in [6.07, 6.45) is 0.0804. The van der Waals surface area contributed by atoms with Gasteiger partial charge in [0.05, 0.1) is 6.07 Å². The number of aromatic amines is 1. The van der Waals surface area contributed by atoms with Crippen LogP contribution < -0.4 is 10.6 Å². The number of carbonyl (C=O) groups is 3. The van der Waals surface area contributed by atoms with Crippen molar-refractivity contribution < 1.29 is 23.2 Å². The second kappa shape index (κ2) is 7.82. The molecule has 33 heavy (non-hydrogen) atoms. The topological polar surface area (TPSA) is 118 Å². The van der Waals surface area contributed by atoms with E-state index < -0.39 is 41.2 Å². The minimum absolute atomic E-state index is 0.0635. The van der Waals surface area contributed by atoms with Gasteiger partial charge < -0.3 is 20.5 Å². The largest absolute Gasteiger partial charge is 0.355 e. The average Bonchev–Trinajstić information content (AvgIpc) is 3.35. The lowest BCUT2D eigenvalue weighted by Crippen LogP contribution is -2.49. The third-order valence-corrected chi connectivity index (χ3v) is 6.98. The Balaban J connectivity index is 1.49. The lowest BCUT2D eigenvalue weighted by atomic mass is 9.65. The van der Waals surface area contributed by atoms with Crippen LogP contribution in [0.15, 0.2) is 12.1 Å². The van der Waals surface area contributed by atoms with Gasteiger partial charge in [-0.3, -0.25) is 14.4 Å². The van der Waals surface area contributed by atoms with Crippen molar-refractivity contribution in [2.75, 3.05) is 6.54 Å². The van der Waals surface area contributed by atoms with E-state index in [0.29, 0.717) is 6.42 Å². The van der Waals surface area contributed by atoms with Crippen LogP contribution in [0.25, 0.3) is 0 Å². The predicted octanol–water partition coefficient (Wildman–Crippen LogP) is 2.27. The molecule has 3 amide bonds. The van der Waals surface area contributed by atoms with E-state index in [4.69, 9.17) is 0 Å². The maximum atomic E-state index is 13.7. The summed E-state index contributed by atoms with van der Waals surface area (Å²) in [6.45, 7) is 5.64. The van der Waals surface area contributed by atoms with Crippen molar-refractivity contribution in [2.45, 2.75) is 76.4 Å². The zero-order valence-corrected chi connectivity index (χ0v) is 19.0. The summed E-state index contributed by atoms with van der Waals surface area (Å²) in [5.74, 6) is -4.35. The van der Waals surface area contributed by atoms with E-state index in [1.54, 1.807) is 19.1 Å². The monoisotopic (exact) mass is 461 g/mol. The average molecular weight is 462 g/mol. The molecule has 1 aliphatic carbocycles. The van der Waals surface area contributed by atoms with Crippen molar-refractivity contribution >= 4 is 17.7 Å². The van der Waals surface area contributed by atoms with E-state index in [2.05, 4.69) is 15.6 Å². The molecule has 0 aromatic carbocycles. The highest BCUT2D eigenvalue weighted by atomic mass is 19.3. The van der Waals surface area contributed by atoms with Crippen LogP contribution in [0.5, 0.6) is 0 Å². The van der Waals surface area contributed by atoms with Crippen LogP contribution in [0.3, 0.4) is 0 Å². The molecular weight excluding hydrogens is 432 g/mol. The molecular formula is C23H29F2N5O3. The van der Waals surface area contributed by atoms with Gasteiger partial charge in [0, 0.05) is 42.0 Å². The summed E-state index contributed by atoms with van der Waals surface area (Å²) in [6, 6.07) is 3.48. The Morgan fingerprint density at radius 1 is 1.30 bits per heavy atom. The minimum Gasteiger partial charge on any atom is -0.355 e. The fraction of sp³-hybridized carbons (Fsp3) is 0.652. The van der Waals surface area contributed by atoms with Gasteiger partial charge >= 0.3 is 0 Å². The van der Waals surface area contributed by atoms with Gasteiger partial charge in [-0.15, -0.1) is 0 Å². The minimum atomic E-state index is -2.79. The Hall–Kier alpha value is -2.96. The van der Waals surface area contributed by atoms with Gasteiger partial charge in [-0.25, -0.2) is 8.78 Å². The molecule has 3 fully saturated rings. The van der Waals surface area contributed by atoms with Crippen molar-refractivity contribution in [1.29, 1.82) is 5.26 Å². The molecule has 0 radical (unpaired) electrons. The van der Waals surface area contributed by atoms with E-state index >= 15 is 0 Å². The highest BCUT2D eigenvalue weighted by Gasteiger charge is 2.62. The fourth-order valence-electron chi connectivity index (χ4n) is 5.67. The summed E-state index contributed by atoms with van der Waals surface area (Å²) in [7, 11) is 0. The van der Waals surface area contributed by atoms with E-state index in [0.717, 1.165) is 5.69 Å². The molecule has 4 rings (SSSR count). The molecule has 3 N–H and O–H groups in total. The molecule has 1 aromatic heterocycles. The summed E-state index contributed by atoms with van der Waals surface area (Å²) in [5.41, 5.74) is -0.127. The first-order chi connectivity index (χ1) is 15.3. The number of rotatable bonds is 5. The van der Waals surface area contributed by atoms with Crippen LogP contribution in [-0.2, 0) is 9.59 Å². The summed E-state index contributed by atoms with van der Waals surface area (Å²) >= 11 is 0. The van der Waals surface area contributed by atoms with Gasteiger partial charge in [0.25, 0.3) is 5.91 Å². The Labute approximate surface area is 191 Å². The van der Waals surface area contributed by atoms with Gasteiger partial charge in [-0.1, -0.05) is 0 Å². The molecule has 3 atom stereocenters. The summed E-state index contributed by atoms with van der Waals surface area (Å²) < 4.78 is 27.4. The number of carbonyl (C=O) groups excluding carboxylic acids is 3. The van der Waals surface area contributed by atoms with Crippen molar-refractivity contribution in [1.82, 2.24) is 20.5 Å². The quantitative estimate of drug-likeness (QED) is 0.623. The Kier molecular flexibility index (Phi) is 5.50. The zero-order chi connectivity index (χ0) is 24.2. The number of halogens is 2. The predicted molar refractivity (Wildman–Crippen MR) is 114 cm³/mol. The van der Waals surface area contributed by atoms with Crippen LogP contribution in [-0.4, -0.2) is 57.7 Å². The van der Waals surface area contributed by atoms with Crippen LogP contribution >= 0.6 is 0 Å². The molecule has 1 spiro atoms. The third-order valence-electron chi connectivity index (χ3n) is 6.98. The number of hydrogen-bond acceptors (Lipinski definition) is 4. The molecule has 8 nitrogen and oxygen atoms in total. The number of aromatic nitrogens is 1. The molecule has 178 valence electrons. The highest BCUT2D eigenvalue weighted by Crippen LogP contribution is 2.58. The number of nitrogens with zero attached hydrogens (tertiary/aromatic N) is 2. The molecule has 2 saturated heterocycles. The van der Waals surface area contributed by atoms with E-state index in [1.807, 2.05) is 19.9 Å². The molecule has 1 aromatic rings. The maximum absolute atomic E-state index is 13.7. The number of aryl methyl sites for hydroxylation is 1. The SMILES string of the molecule is Cc1ccc(C(=O)N2CC3(C[C@H]2C(=O)N[C@H](C#N)C[C@@H]2CC(C)(C)NC2=O)CC(F)(F)C3)[nH]1. The molecule has 1 saturated carbocycles. The summed E-state index contributed by atoms with van der Waals surface area (Å²) in [4.78, 5) is 42.8. The van der Waals surface area contributed by atoms with Crippen molar-refractivity contribution in [3.8, 4) is 6.07 Å². The van der Waals surface area contributed by atoms with E-state index in [9.17, 15) is 28.4 Å². The van der Waals surface area contributed by atoms with Crippen LogP contribution in [0.2, 0.25) is 0 Å². The van der Waals surface area contributed by atoms with Crippen LogP contribution in [0.4, 0.5) is 8.78 Å². The van der Waals surface area contributed by atoms with E-state index in [1.165, 1.54) is 4.90 Å². The van der Waals surface area contributed by atoms with Gasteiger partial charge in [-0.05, 0) is 52.2 Å². The standard InChI is InChI=1S/C23H29F2N5O3/c1-13-4-5-16(27-13)20(33)30-12-22(10-23(24,25)11-22)8-17(30)19(32)28-15(9-26)6-14-7-21(2,3)29-18(14)31/h4-5,14-15,17,27H,6-8,10-12H2,1-3H3,(H,28,32)(H,29,31)/t14-,15+,17+/m1/s1. The Morgan fingerprint density at radius 2 is 2.00 bits per heavy atom. The Bertz CT molecular complexity index is 1020. The fourth-order valence-corrected chi connectivity index (χ4v) is 5.67. The Morgan fingerprint density at radius 3 is 2.52 bits per heavy atom. The first kappa shape index (κ1) is 23.2. The number of hydrogen-bond donors (Lipinski definition) is 3. The second-order valence-corrected chi connectivity index (χ2v) is 10.6. The van der Waals surface area contributed by atoms with Gasteiger partial charge in [0.15, 0.2) is 0 Å². The van der Waals surface area contributed by atoms with Gasteiger partial charge in [0.1, 0.15) is 17.8 Å². The summed E-state index contributed by atoms with van der Waals surface area (Å²) in [5, 5.41) is 15.1. The van der Waals surface area contributed by atoms with Crippen LogP contribution in [0, 0.1) is 29.6 Å². The van der Waals surface area contributed by atoms with Crippen molar-refractivity contribution in [2.24, 2.45) is 11.3 Å². The first-order valence-corrected chi connectivity index (χ1v) is 11.2. The normalized spacial score (nSPS) is 27.5. The molecule has 0 bridgehead atoms. The molecule has 10 heteroatoms. The number of nitrogens with one attached hydrogen (secondary N) is 3. The number of likely N-dealkylation sites (tertiary alicyclic amines) is 1.